The molecule has 0 unspecified atom stereocenters. The topological polar surface area (TPSA) is 73.9 Å². The van der Waals surface area contributed by atoms with E-state index in [0.29, 0.717) is 22.8 Å². The minimum atomic E-state index is -0.566. The Labute approximate surface area is 128 Å². The fraction of sp³-hybridized carbons (Fsp3) is 0.250. The summed E-state index contributed by atoms with van der Waals surface area (Å²) in [6.07, 6.45) is 1.58. The van der Waals surface area contributed by atoms with Crippen molar-refractivity contribution in [3.63, 3.8) is 0 Å². The van der Waals surface area contributed by atoms with Gasteiger partial charge in [-0.25, -0.2) is 4.79 Å². The van der Waals surface area contributed by atoms with Crippen LogP contribution in [0.15, 0.2) is 35.0 Å². The van der Waals surface area contributed by atoms with Crippen molar-refractivity contribution in [2.45, 2.75) is 6.92 Å². The predicted octanol–water partition coefficient (Wildman–Crippen LogP) is 1.66. The van der Waals surface area contributed by atoms with Gasteiger partial charge in [-0.2, -0.15) is 0 Å². The molecule has 0 aromatic heterocycles. The molecule has 0 atom stereocenters. The van der Waals surface area contributed by atoms with Gasteiger partial charge in [0.25, 0.3) is 5.91 Å². The summed E-state index contributed by atoms with van der Waals surface area (Å²) < 4.78 is 15.2. The van der Waals surface area contributed by atoms with Gasteiger partial charge in [0.15, 0.2) is 0 Å². The van der Waals surface area contributed by atoms with Crippen LogP contribution in [0, 0.1) is 0 Å². The minimum absolute atomic E-state index is 0.220. The molecular formula is C16H17NO5. The molecule has 0 spiro atoms. The smallest absolute Gasteiger partial charge is 0.340 e. The lowest BCUT2D eigenvalue weighted by Crippen LogP contribution is -2.15. The first-order valence-electron chi connectivity index (χ1n) is 6.56. The second-order valence-electron chi connectivity index (χ2n) is 4.61. The summed E-state index contributed by atoms with van der Waals surface area (Å²) in [4.78, 5) is 24.0. The second kappa shape index (κ2) is 6.34. The van der Waals surface area contributed by atoms with Crippen molar-refractivity contribution >= 4 is 18.0 Å². The number of methoxy groups -OCH3 is 3. The Balaban J connectivity index is 2.56. The van der Waals surface area contributed by atoms with Gasteiger partial charge < -0.3 is 19.5 Å². The van der Waals surface area contributed by atoms with Gasteiger partial charge in [0.2, 0.25) is 0 Å². The molecule has 0 aliphatic carbocycles. The summed E-state index contributed by atoms with van der Waals surface area (Å²) in [5.74, 6) is 0.257. The number of esters is 1. The highest BCUT2D eigenvalue weighted by molar-refractivity contribution is 6.16. The van der Waals surface area contributed by atoms with Crippen molar-refractivity contribution in [3.8, 4) is 11.5 Å². The molecule has 0 fully saturated rings. The molecule has 1 heterocycles. The number of carbonyl (C=O) groups is 2. The first-order valence-corrected chi connectivity index (χ1v) is 6.56. The Morgan fingerprint density at radius 1 is 1.18 bits per heavy atom. The lowest BCUT2D eigenvalue weighted by molar-refractivity contribution is -0.136. The normalized spacial score (nSPS) is 15.8. The third-order valence-electron chi connectivity index (χ3n) is 3.32. The van der Waals surface area contributed by atoms with Crippen LogP contribution in [-0.2, 0) is 14.3 Å². The zero-order chi connectivity index (χ0) is 16.3. The van der Waals surface area contributed by atoms with Crippen LogP contribution in [0.2, 0.25) is 0 Å². The number of carbonyl (C=O) groups excluding carboxylic acids is 2. The molecule has 1 aliphatic rings. The molecule has 0 saturated heterocycles. The van der Waals surface area contributed by atoms with Crippen molar-refractivity contribution in [3.05, 3.63) is 40.6 Å². The lowest BCUT2D eigenvalue weighted by atomic mass is 10.0. The standard InChI is InChI=1S/C16H17NO5/c1-9-14(16(19)22-4)12(15(18)17-9)8-10-7-11(20-2)5-6-13(10)21-3/h5-8H,1-4H3,(H,17,18)/b12-8-. The summed E-state index contributed by atoms with van der Waals surface area (Å²) in [6, 6.07) is 5.20. The van der Waals surface area contributed by atoms with E-state index in [9.17, 15) is 9.59 Å². The molecule has 6 nitrogen and oxygen atoms in total. The first-order chi connectivity index (χ1) is 10.5. The largest absolute Gasteiger partial charge is 0.497 e. The van der Waals surface area contributed by atoms with E-state index in [1.165, 1.54) is 14.2 Å². The van der Waals surface area contributed by atoms with Crippen LogP contribution >= 0.6 is 0 Å². The molecule has 2 rings (SSSR count). The van der Waals surface area contributed by atoms with Crippen LogP contribution in [0.3, 0.4) is 0 Å². The van der Waals surface area contributed by atoms with Crippen molar-refractivity contribution < 1.29 is 23.8 Å². The lowest BCUT2D eigenvalue weighted by Gasteiger charge is -2.08. The zero-order valence-electron chi connectivity index (χ0n) is 12.9. The van der Waals surface area contributed by atoms with E-state index in [4.69, 9.17) is 14.2 Å². The van der Waals surface area contributed by atoms with Gasteiger partial charge in [-0.3, -0.25) is 4.79 Å². The Kier molecular flexibility index (Phi) is 4.50. The van der Waals surface area contributed by atoms with E-state index in [1.54, 1.807) is 38.3 Å². The highest BCUT2D eigenvalue weighted by atomic mass is 16.5. The molecule has 1 aromatic rings. The number of rotatable bonds is 4. The number of hydrogen-bond donors (Lipinski definition) is 1. The van der Waals surface area contributed by atoms with E-state index >= 15 is 0 Å². The Morgan fingerprint density at radius 2 is 1.91 bits per heavy atom. The highest BCUT2D eigenvalue weighted by Gasteiger charge is 2.30. The zero-order valence-corrected chi connectivity index (χ0v) is 12.9. The molecule has 0 saturated carbocycles. The van der Waals surface area contributed by atoms with Gasteiger partial charge in [0.05, 0.1) is 32.5 Å². The highest BCUT2D eigenvalue weighted by Crippen LogP contribution is 2.30. The van der Waals surface area contributed by atoms with Gasteiger partial charge in [-0.1, -0.05) is 0 Å². The van der Waals surface area contributed by atoms with Crippen LogP contribution in [0.25, 0.3) is 6.08 Å². The molecule has 22 heavy (non-hydrogen) atoms. The van der Waals surface area contributed by atoms with Crippen LogP contribution in [0.5, 0.6) is 11.5 Å². The number of nitrogens with one attached hydrogen (secondary N) is 1. The van der Waals surface area contributed by atoms with Gasteiger partial charge in [-0.05, 0) is 31.2 Å². The van der Waals surface area contributed by atoms with E-state index < -0.39 is 5.97 Å². The maximum atomic E-state index is 12.1. The summed E-state index contributed by atoms with van der Waals surface area (Å²) in [5, 5.41) is 2.62. The van der Waals surface area contributed by atoms with Gasteiger partial charge in [0.1, 0.15) is 11.5 Å². The molecule has 116 valence electrons. The fourth-order valence-corrected chi connectivity index (χ4v) is 2.23. The van der Waals surface area contributed by atoms with Gasteiger partial charge >= 0.3 is 5.97 Å². The van der Waals surface area contributed by atoms with Crippen LogP contribution in [-0.4, -0.2) is 33.2 Å². The van der Waals surface area contributed by atoms with Crippen molar-refractivity contribution in [2.75, 3.05) is 21.3 Å². The third kappa shape index (κ3) is 2.81. The Hall–Kier alpha value is -2.76. The fourth-order valence-electron chi connectivity index (χ4n) is 2.23. The Bertz CT molecular complexity index is 688. The maximum Gasteiger partial charge on any atom is 0.340 e. The van der Waals surface area contributed by atoms with Gasteiger partial charge in [0, 0.05) is 11.3 Å². The van der Waals surface area contributed by atoms with Crippen molar-refractivity contribution in [1.29, 1.82) is 0 Å². The van der Waals surface area contributed by atoms with Crippen LogP contribution < -0.4 is 14.8 Å². The van der Waals surface area contributed by atoms with Crippen molar-refractivity contribution in [1.82, 2.24) is 5.32 Å². The second-order valence-corrected chi connectivity index (χ2v) is 4.61. The number of hydrogen-bond acceptors (Lipinski definition) is 5. The van der Waals surface area contributed by atoms with E-state index in [2.05, 4.69) is 5.32 Å². The quantitative estimate of drug-likeness (QED) is 0.676. The summed E-state index contributed by atoms with van der Waals surface area (Å²) >= 11 is 0. The first kappa shape index (κ1) is 15.6. The maximum absolute atomic E-state index is 12.1. The Morgan fingerprint density at radius 3 is 2.50 bits per heavy atom. The van der Waals surface area contributed by atoms with Crippen LogP contribution in [0.1, 0.15) is 12.5 Å². The molecule has 1 aromatic carbocycles. The van der Waals surface area contributed by atoms with E-state index in [1.807, 2.05) is 0 Å². The summed E-state index contributed by atoms with van der Waals surface area (Å²) in [5.41, 5.74) is 1.54. The monoisotopic (exact) mass is 303 g/mol. The van der Waals surface area contributed by atoms with E-state index in [0.717, 1.165) is 0 Å². The van der Waals surface area contributed by atoms with Crippen LogP contribution in [0.4, 0.5) is 0 Å². The molecular weight excluding hydrogens is 286 g/mol. The molecule has 1 aliphatic heterocycles. The SMILES string of the molecule is COC(=O)C1=C(C)NC(=O)/C1=C\c1cc(OC)ccc1OC. The molecule has 1 amide bonds. The number of benzene rings is 1. The third-order valence-corrected chi connectivity index (χ3v) is 3.32. The van der Waals surface area contributed by atoms with E-state index in [-0.39, 0.29) is 17.1 Å². The van der Waals surface area contributed by atoms with Crippen molar-refractivity contribution in [2.24, 2.45) is 0 Å². The number of ether oxygens (including phenoxy) is 3. The van der Waals surface area contributed by atoms with Gasteiger partial charge in [-0.15, -0.1) is 0 Å². The minimum Gasteiger partial charge on any atom is -0.497 e. The number of allylic oxidation sites excluding steroid dienone is 1. The average molecular weight is 303 g/mol. The molecule has 0 bridgehead atoms. The average Bonchev–Trinajstić information content (AvgIpc) is 2.80. The number of amides is 1. The molecule has 6 heteroatoms. The summed E-state index contributed by atoms with van der Waals surface area (Å²) in [6.45, 7) is 1.65. The predicted molar refractivity (Wildman–Crippen MR) is 80.4 cm³/mol. The molecule has 0 radical (unpaired) electrons. The summed E-state index contributed by atoms with van der Waals surface area (Å²) in [7, 11) is 4.35. The molecule has 1 N–H and O–H groups in total.